The highest BCUT2D eigenvalue weighted by atomic mass is 35.5. The lowest BCUT2D eigenvalue weighted by molar-refractivity contribution is -0.133. The van der Waals surface area contributed by atoms with E-state index < -0.39 is 0 Å². The molecule has 0 unspecified atom stereocenters. The second kappa shape index (κ2) is 8.01. The minimum absolute atomic E-state index is 0.000285. The normalized spacial score (nSPS) is 10.3. The van der Waals surface area contributed by atoms with Crippen LogP contribution >= 0.6 is 22.9 Å². The lowest BCUT2D eigenvalue weighted by Gasteiger charge is -2.20. The maximum Gasteiger partial charge on any atom is 0.261 e. The van der Waals surface area contributed by atoms with Gasteiger partial charge in [-0.1, -0.05) is 23.7 Å². The monoisotopic (exact) mass is 335 g/mol. The molecule has 5 heteroatoms. The third-order valence-electron chi connectivity index (χ3n) is 3.12. The molecule has 1 amide bonds. The lowest BCUT2D eigenvalue weighted by Crippen LogP contribution is -2.34. The van der Waals surface area contributed by atoms with Gasteiger partial charge in [-0.05, 0) is 42.1 Å². The fourth-order valence-electron chi connectivity index (χ4n) is 1.94. The van der Waals surface area contributed by atoms with Crippen LogP contribution in [0.5, 0.6) is 5.75 Å². The zero-order chi connectivity index (χ0) is 15.9. The van der Waals surface area contributed by atoms with E-state index >= 15 is 0 Å². The Morgan fingerprint density at radius 1 is 1.45 bits per heavy atom. The summed E-state index contributed by atoms with van der Waals surface area (Å²) in [4.78, 5) is 15.2. The summed E-state index contributed by atoms with van der Waals surface area (Å²) < 4.78 is 5.57. The fourth-order valence-corrected chi connectivity index (χ4v) is 2.78. The van der Waals surface area contributed by atoms with E-state index in [1.54, 1.807) is 34.4 Å². The van der Waals surface area contributed by atoms with Crippen molar-refractivity contribution in [1.82, 2.24) is 4.90 Å². The third kappa shape index (κ3) is 4.61. The Labute approximate surface area is 139 Å². The third-order valence-corrected chi connectivity index (χ3v) is 4.41. The van der Waals surface area contributed by atoms with Crippen molar-refractivity contribution in [3.05, 3.63) is 63.8 Å². The predicted octanol–water partition coefficient (Wildman–Crippen LogP) is 4.30. The summed E-state index contributed by atoms with van der Waals surface area (Å²) in [6.45, 7) is 6.68. The Kier molecular flexibility index (Phi) is 6.04. The number of aryl methyl sites for hydroxylation is 1. The average Bonchev–Trinajstić information content (AvgIpc) is 3.01. The highest BCUT2D eigenvalue weighted by molar-refractivity contribution is 7.09. The number of hydrogen-bond acceptors (Lipinski definition) is 3. The van der Waals surface area contributed by atoms with Crippen LogP contribution in [0, 0.1) is 6.92 Å². The molecule has 0 aliphatic heterocycles. The SMILES string of the molecule is C=CCN(Cc1cccs1)C(=O)COc1ccc(Cl)c(C)c1. The zero-order valence-electron chi connectivity index (χ0n) is 12.4. The number of amides is 1. The molecular formula is C17H18ClNO2S. The van der Waals surface area contributed by atoms with Crippen molar-refractivity contribution in [1.29, 1.82) is 0 Å². The molecule has 0 aliphatic rings. The summed E-state index contributed by atoms with van der Waals surface area (Å²) >= 11 is 7.60. The van der Waals surface area contributed by atoms with E-state index in [2.05, 4.69) is 6.58 Å². The first-order valence-corrected chi connectivity index (χ1v) is 8.16. The minimum Gasteiger partial charge on any atom is -0.484 e. The molecule has 1 heterocycles. The molecule has 1 aromatic carbocycles. The first-order chi connectivity index (χ1) is 10.6. The van der Waals surface area contributed by atoms with Gasteiger partial charge in [-0.25, -0.2) is 0 Å². The van der Waals surface area contributed by atoms with Gasteiger partial charge in [-0.2, -0.15) is 0 Å². The molecule has 0 saturated carbocycles. The molecule has 0 fully saturated rings. The molecule has 3 nitrogen and oxygen atoms in total. The fraction of sp³-hybridized carbons (Fsp3) is 0.235. The molecule has 2 aromatic rings. The van der Waals surface area contributed by atoms with Crippen molar-refractivity contribution < 1.29 is 9.53 Å². The van der Waals surface area contributed by atoms with Gasteiger partial charge in [0.1, 0.15) is 5.75 Å². The Balaban J connectivity index is 1.95. The Morgan fingerprint density at radius 3 is 2.91 bits per heavy atom. The number of carbonyl (C=O) groups excluding carboxylic acids is 1. The van der Waals surface area contributed by atoms with E-state index in [9.17, 15) is 4.79 Å². The maximum absolute atomic E-state index is 12.3. The first kappa shape index (κ1) is 16.6. The van der Waals surface area contributed by atoms with Gasteiger partial charge >= 0.3 is 0 Å². The molecule has 0 bridgehead atoms. The standard InChI is InChI=1S/C17H18ClNO2S/c1-3-8-19(11-15-5-4-9-22-15)17(20)12-21-14-6-7-16(18)13(2)10-14/h3-7,9-10H,1,8,11-12H2,2H3. The van der Waals surface area contributed by atoms with Crippen LogP contribution in [-0.4, -0.2) is 24.0 Å². The van der Waals surface area contributed by atoms with E-state index in [0.717, 1.165) is 10.4 Å². The predicted molar refractivity (Wildman–Crippen MR) is 91.6 cm³/mol. The molecule has 0 atom stereocenters. The summed E-state index contributed by atoms with van der Waals surface area (Å²) in [5, 5.41) is 2.68. The largest absolute Gasteiger partial charge is 0.484 e. The van der Waals surface area contributed by atoms with E-state index in [-0.39, 0.29) is 12.5 Å². The van der Waals surface area contributed by atoms with E-state index in [1.807, 2.05) is 30.5 Å². The van der Waals surface area contributed by atoms with Crippen LogP contribution in [-0.2, 0) is 11.3 Å². The second-order valence-corrected chi connectivity index (χ2v) is 6.28. The van der Waals surface area contributed by atoms with Crippen molar-refractivity contribution >= 4 is 28.8 Å². The topological polar surface area (TPSA) is 29.5 Å². The quantitative estimate of drug-likeness (QED) is 0.706. The van der Waals surface area contributed by atoms with Crippen LogP contribution in [0.1, 0.15) is 10.4 Å². The van der Waals surface area contributed by atoms with Crippen molar-refractivity contribution in [2.45, 2.75) is 13.5 Å². The number of rotatable bonds is 7. The molecule has 0 N–H and O–H groups in total. The van der Waals surface area contributed by atoms with E-state index in [0.29, 0.717) is 23.9 Å². The Bertz CT molecular complexity index is 640. The van der Waals surface area contributed by atoms with Crippen molar-refractivity contribution in [2.75, 3.05) is 13.2 Å². The van der Waals surface area contributed by atoms with Gasteiger partial charge in [0.05, 0.1) is 6.54 Å². The smallest absolute Gasteiger partial charge is 0.261 e. The van der Waals surface area contributed by atoms with E-state index in [1.165, 1.54) is 0 Å². The van der Waals surface area contributed by atoms with Gasteiger partial charge in [0.25, 0.3) is 5.91 Å². The van der Waals surface area contributed by atoms with Crippen molar-refractivity contribution in [2.24, 2.45) is 0 Å². The van der Waals surface area contributed by atoms with Gasteiger partial charge < -0.3 is 9.64 Å². The molecular weight excluding hydrogens is 318 g/mol. The molecule has 0 aliphatic carbocycles. The number of ether oxygens (including phenoxy) is 1. The van der Waals surface area contributed by atoms with Crippen LogP contribution in [0.3, 0.4) is 0 Å². The maximum atomic E-state index is 12.3. The highest BCUT2D eigenvalue weighted by Crippen LogP contribution is 2.21. The Hall–Kier alpha value is -1.78. The highest BCUT2D eigenvalue weighted by Gasteiger charge is 2.14. The summed E-state index contributed by atoms with van der Waals surface area (Å²) in [5.74, 6) is 0.575. The molecule has 1 aromatic heterocycles. The Morgan fingerprint density at radius 2 is 2.27 bits per heavy atom. The van der Waals surface area contributed by atoms with Gasteiger partial charge in [0.15, 0.2) is 6.61 Å². The van der Waals surface area contributed by atoms with Crippen LogP contribution in [0.2, 0.25) is 5.02 Å². The molecule has 0 spiro atoms. The number of hydrogen-bond donors (Lipinski definition) is 0. The number of benzene rings is 1. The summed E-state index contributed by atoms with van der Waals surface area (Å²) in [6, 6.07) is 9.34. The van der Waals surface area contributed by atoms with Crippen LogP contribution in [0.4, 0.5) is 0 Å². The van der Waals surface area contributed by atoms with Crippen molar-refractivity contribution in [3.63, 3.8) is 0 Å². The number of halogens is 1. The number of carbonyl (C=O) groups is 1. The molecule has 116 valence electrons. The summed E-state index contributed by atoms with van der Waals surface area (Å²) in [5.41, 5.74) is 0.924. The van der Waals surface area contributed by atoms with Gasteiger partial charge in [0.2, 0.25) is 0 Å². The lowest BCUT2D eigenvalue weighted by atomic mass is 10.2. The summed E-state index contributed by atoms with van der Waals surface area (Å²) in [7, 11) is 0. The van der Waals surface area contributed by atoms with Crippen LogP contribution in [0.15, 0.2) is 48.4 Å². The molecule has 0 radical (unpaired) electrons. The van der Waals surface area contributed by atoms with Crippen LogP contribution in [0.25, 0.3) is 0 Å². The summed E-state index contributed by atoms with van der Waals surface area (Å²) in [6.07, 6.45) is 1.72. The van der Waals surface area contributed by atoms with Gasteiger partial charge in [-0.3, -0.25) is 4.79 Å². The molecule has 22 heavy (non-hydrogen) atoms. The number of thiophene rings is 1. The van der Waals surface area contributed by atoms with Gasteiger partial charge in [-0.15, -0.1) is 17.9 Å². The first-order valence-electron chi connectivity index (χ1n) is 6.90. The zero-order valence-corrected chi connectivity index (χ0v) is 14.0. The van der Waals surface area contributed by atoms with E-state index in [4.69, 9.17) is 16.3 Å². The average molecular weight is 336 g/mol. The van der Waals surface area contributed by atoms with Crippen molar-refractivity contribution in [3.8, 4) is 5.75 Å². The van der Waals surface area contributed by atoms with Gasteiger partial charge in [0, 0.05) is 16.4 Å². The van der Waals surface area contributed by atoms with Crippen LogP contribution < -0.4 is 4.74 Å². The molecule has 2 rings (SSSR count). The number of nitrogens with zero attached hydrogens (tertiary/aromatic N) is 1. The molecule has 0 saturated heterocycles. The minimum atomic E-state index is -0.0686. The second-order valence-electron chi connectivity index (χ2n) is 4.84.